The first-order valence-electron chi connectivity index (χ1n) is 10.9. The summed E-state index contributed by atoms with van der Waals surface area (Å²) in [5.74, 6) is -2.07. The Morgan fingerprint density at radius 3 is 2.32 bits per heavy atom. The zero-order valence-corrected chi connectivity index (χ0v) is 20.5. The number of alkyl carbamates (subject to hydrolysis) is 1. The molecular weight excluding hydrogens is 446 g/mol. The van der Waals surface area contributed by atoms with E-state index in [0.29, 0.717) is 17.5 Å². The summed E-state index contributed by atoms with van der Waals surface area (Å²) in [7, 11) is 1.18. The number of carbonyl (C=O) groups is 4. The van der Waals surface area contributed by atoms with Crippen LogP contribution in [0.25, 0.3) is 0 Å². The van der Waals surface area contributed by atoms with E-state index in [-0.39, 0.29) is 12.3 Å². The lowest BCUT2D eigenvalue weighted by molar-refractivity contribution is -0.145. The quantitative estimate of drug-likeness (QED) is 0.363. The van der Waals surface area contributed by atoms with Crippen molar-refractivity contribution in [2.45, 2.75) is 58.7 Å². The van der Waals surface area contributed by atoms with E-state index in [1.807, 2.05) is 0 Å². The van der Waals surface area contributed by atoms with Crippen LogP contribution >= 0.6 is 0 Å². The Balaban J connectivity index is 3.36. The highest BCUT2D eigenvalue weighted by Crippen LogP contribution is 2.27. The van der Waals surface area contributed by atoms with Crippen LogP contribution in [0.1, 0.15) is 51.3 Å². The molecule has 0 heterocycles. The van der Waals surface area contributed by atoms with Crippen molar-refractivity contribution in [3.05, 3.63) is 29.3 Å². The number of methoxy groups -OCH3 is 1. The minimum atomic E-state index is -1.38. The number of aliphatic hydroxyl groups excluding tert-OH is 1. The number of hydrogen-bond acceptors (Lipinski definition) is 8. The van der Waals surface area contributed by atoms with Crippen molar-refractivity contribution < 1.29 is 38.9 Å². The third-order valence-electron chi connectivity index (χ3n) is 4.65. The van der Waals surface area contributed by atoms with Crippen LogP contribution in [0.4, 0.5) is 4.79 Å². The number of carbonyl (C=O) groups excluding carboxylic acids is 4. The number of benzene rings is 1. The van der Waals surface area contributed by atoms with Gasteiger partial charge in [0.15, 0.2) is 0 Å². The van der Waals surface area contributed by atoms with Gasteiger partial charge in [-0.05, 0) is 57.4 Å². The zero-order valence-electron chi connectivity index (χ0n) is 20.5. The van der Waals surface area contributed by atoms with Gasteiger partial charge in [-0.15, -0.1) is 0 Å². The van der Waals surface area contributed by atoms with Gasteiger partial charge in [-0.2, -0.15) is 0 Å². The molecule has 1 rings (SSSR count). The maximum absolute atomic E-state index is 13.4. The predicted molar refractivity (Wildman–Crippen MR) is 123 cm³/mol. The van der Waals surface area contributed by atoms with Crippen molar-refractivity contribution >= 4 is 23.9 Å². The number of amides is 3. The molecule has 0 saturated carbocycles. The fraction of sp³-hybridized carbons (Fsp3) is 0.565. The van der Waals surface area contributed by atoms with Gasteiger partial charge in [-0.25, -0.2) is 4.79 Å². The molecule has 0 spiro atoms. The molecule has 4 N–H and O–H groups in total. The number of phenols is 1. The molecule has 11 heteroatoms. The van der Waals surface area contributed by atoms with Crippen LogP contribution in [-0.4, -0.2) is 77.4 Å². The van der Waals surface area contributed by atoms with Gasteiger partial charge < -0.3 is 35.2 Å². The molecule has 11 nitrogen and oxygen atoms in total. The van der Waals surface area contributed by atoms with Crippen LogP contribution < -0.4 is 10.6 Å². The van der Waals surface area contributed by atoms with Crippen molar-refractivity contribution in [2.24, 2.45) is 0 Å². The molecule has 0 aliphatic carbocycles. The molecule has 0 saturated heterocycles. The van der Waals surface area contributed by atoms with Gasteiger partial charge in [-0.1, -0.05) is 13.0 Å². The van der Waals surface area contributed by atoms with Crippen molar-refractivity contribution in [1.82, 2.24) is 15.5 Å². The summed E-state index contributed by atoms with van der Waals surface area (Å²) in [5.41, 5.74) is 0.0158. The number of aliphatic hydroxyl groups is 1. The second-order valence-corrected chi connectivity index (χ2v) is 8.66. The Labute approximate surface area is 199 Å². The number of hydrogen-bond donors (Lipinski definition) is 4. The Morgan fingerprint density at radius 2 is 1.82 bits per heavy atom. The third kappa shape index (κ3) is 8.54. The molecule has 0 fully saturated rings. The van der Waals surface area contributed by atoms with E-state index in [1.54, 1.807) is 40.7 Å². The molecule has 0 aromatic heterocycles. The van der Waals surface area contributed by atoms with Gasteiger partial charge in [0.25, 0.3) is 0 Å². The molecule has 3 amide bonds. The third-order valence-corrected chi connectivity index (χ3v) is 4.65. The molecule has 2 atom stereocenters. The lowest BCUT2D eigenvalue weighted by Gasteiger charge is -2.34. The van der Waals surface area contributed by atoms with Gasteiger partial charge in [0.1, 0.15) is 30.0 Å². The highest BCUT2D eigenvalue weighted by atomic mass is 16.6. The molecule has 0 aliphatic heterocycles. The smallest absolute Gasteiger partial charge is 0.408 e. The standard InChI is InChI=1S/C23H35N3O8/c1-7-10-26(21(31)16(13-27)25-22(32)34-23(3,4)5)19(20(30)24-12-18(29)33-6)15-8-9-17(28)14(2)11-15/h8-9,11,16,19,27-28H,7,10,12-13H2,1-6H3,(H,24,30)(H,25,32). The molecule has 34 heavy (non-hydrogen) atoms. The van der Waals surface area contributed by atoms with Crippen LogP contribution in [0.3, 0.4) is 0 Å². The van der Waals surface area contributed by atoms with Crippen molar-refractivity contribution in [1.29, 1.82) is 0 Å². The average molecular weight is 482 g/mol. The Kier molecular flexibility index (Phi) is 10.8. The predicted octanol–water partition coefficient (Wildman–Crippen LogP) is 1.16. The van der Waals surface area contributed by atoms with E-state index in [9.17, 15) is 29.4 Å². The van der Waals surface area contributed by atoms with Gasteiger partial charge in [-0.3, -0.25) is 14.4 Å². The van der Waals surface area contributed by atoms with E-state index < -0.39 is 54.7 Å². The summed E-state index contributed by atoms with van der Waals surface area (Å²) in [6.07, 6.45) is -0.447. The Hall–Kier alpha value is -3.34. The summed E-state index contributed by atoms with van der Waals surface area (Å²) in [6.45, 7) is 7.33. The van der Waals surface area contributed by atoms with E-state index >= 15 is 0 Å². The van der Waals surface area contributed by atoms with Crippen LogP contribution in [0.2, 0.25) is 0 Å². The number of aromatic hydroxyl groups is 1. The van der Waals surface area contributed by atoms with Crippen molar-refractivity contribution in [2.75, 3.05) is 26.8 Å². The Bertz CT molecular complexity index is 881. The number of rotatable bonds is 10. The van der Waals surface area contributed by atoms with Crippen molar-refractivity contribution in [3.8, 4) is 5.75 Å². The maximum atomic E-state index is 13.4. The largest absolute Gasteiger partial charge is 0.508 e. The highest BCUT2D eigenvalue weighted by molar-refractivity contribution is 5.93. The van der Waals surface area contributed by atoms with E-state index in [0.717, 1.165) is 0 Å². The van der Waals surface area contributed by atoms with E-state index in [1.165, 1.54) is 24.1 Å². The average Bonchev–Trinajstić information content (AvgIpc) is 2.76. The number of nitrogens with one attached hydrogen (secondary N) is 2. The fourth-order valence-electron chi connectivity index (χ4n) is 3.09. The zero-order chi connectivity index (χ0) is 26.1. The second kappa shape index (κ2) is 12.8. The molecule has 0 radical (unpaired) electrons. The first-order chi connectivity index (χ1) is 15.8. The number of phenolic OH excluding ortho intramolecular Hbond substituents is 1. The molecule has 0 aliphatic rings. The van der Waals surface area contributed by atoms with Gasteiger partial charge in [0.2, 0.25) is 11.8 Å². The first kappa shape index (κ1) is 28.7. The van der Waals surface area contributed by atoms with E-state index in [4.69, 9.17) is 4.74 Å². The van der Waals surface area contributed by atoms with Crippen molar-refractivity contribution in [3.63, 3.8) is 0 Å². The van der Waals surface area contributed by atoms with Gasteiger partial charge in [0, 0.05) is 6.54 Å². The monoisotopic (exact) mass is 481 g/mol. The van der Waals surface area contributed by atoms with Gasteiger partial charge >= 0.3 is 12.1 Å². The fourth-order valence-corrected chi connectivity index (χ4v) is 3.09. The van der Waals surface area contributed by atoms with Crippen LogP contribution in [-0.2, 0) is 23.9 Å². The second-order valence-electron chi connectivity index (χ2n) is 8.66. The van der Waals surface area contributed by atoms with Gasteiger partial charge in [0.05, 0.1) is 13.7 Å². The summed E-state index contributed by atoms with van der Waals surface area (Å²) in [5, 5.41) is 24.5. The first-order valence-corrected chi connectivity index (χ1v) is 10.9. The topological polar surface area (TPSA) is 154 Å². The molecule has 190 valence electrons. The lowest BCUT2D eigenvalue weighted by Crippen LogP contribution is -2.54. The molecule has 1 aromatic carbocycles. The highest BCUT2D eigenvalue weighted by Gasteiger charge is 2.36. The Morgan fingerprint density at radius 1 is 1.18 bits per heavy atom. The minimum absolute atomic E-state index is 0.00524. The number of aryl methyl sites for hydroxylation is 1. The van der Waals surface area contributed by atoms with Crippen LogP contribution in [0, 0.1) is 6.92 Å². The molecule has 2 unspecified atom stereocenters. The summed E-state index contributed by atoms with van der Waals surface area (Å²) in [6, 6.07) is 1.82. The number of ether oxygens (including phenoxy) is 2. The summed E-state index contributed by atoms with van der Waals surface area (Å²) < 4.78 is 9.72. The van der Waals surface area contributed by atoms with E-state index in [2.05, 4.69) is 15.4 Å². The molecule has 1 aromatic rings. The maximum Gasteiger partial charge on any atom is 0.408 e. The SMILES string of the molecule is CCCN(C(=O)C(CO)NC(=O)OC(C)(C)C)C(C(=O)NCC(=O)OC)c1ccc(O)c(C)c1. The molecular formula is C23H35N3O8. The minimum Gasteiger partial charge on any atom is -0.508 e. The van der Waals surface area contributed by atoms with Crippen LogP contribution in [0.15, 0.2) is 18.2 Å². The summed E-state index contributed by atoms with van der Waals surface area (Å²) in [4.78, 5) is 51.5. The summed E-state index contributed by atoms with van der Waals surface area (Å²) >= 11 is 0. The number of nitrogens with zero attached hydrogens (tertiary/aromatic N) is 1. The lowest BCUT2D eigenvalue weighted by atomic mass is 10.00. The normalized spacial score (nSPS) is 12.8. The van der Waals surface area contributed by atoms with Crippen LogP contribution in [0.5, 0.6) is 5.75 Å². The molecule has 0 bridgehead atoms. The number of esters is 1.